The first-order valence-electron chi connectivity index (χ1n) is 15.6. The molecule has 5 aliphatic heterocycles. The predicted molar refractivity (Wildman–Crippen MR) is 163 cm³/mol. The van der Waals surface area contributed by atoms with Crippen molar-refractivity contribution in [1.29, 1.82) is 0 Å². The van der Waals surface area contributed by atoms with Crippen LogP contribution < -0.4 is 14.5 Å². The number of hydrogen-bond donors (Lipinski definition) is 0. The Bertz CT molecular complexity index is 1470. The highest BCUT2D eigenvalue weighted by Gasteiger charge is 2.48. The van der Waals surface area contributed by atoms with E-state index in [2.05, 4.69) is 45.9 Å². The maximum Gasteiger partial charge on any atom is 0.318 e. The van der Waals surface area contributed by atoms with Crippen molar-refractivity contribution in [2.45, 2.75) is 69.6 Å². The van der Waals surface area contributed by atoms with Crippen LogP contribution in [0.25, 0.3) is 10.8 Å². The third kappa shape index (κ3) is 4.47. The lowest BCUT2D eigenvalue weighted by Gasteiger charge is -2.49. The molecule has 8 heteroatoms. The molecular weight excluding hydrogens is 534 g/mol. The normalized spacial score (nSPS) is 29.6. The number of nitrogens with zero attached hydrogens (tertiary/aromatic N) is 5. The van der Waals surface area contributed by atoms with Crippen molar-refractivity contribution >= 4 is 33.9 Å². The molecule has 8 rings (SSSR count). The summed E-state index contributed by atoms with van der Waals surface area (Å²) in [5.41, 5.74) is 3.66. The summed E-state index contributed by atoms with van der Waals surface area (Å²) in [4.78, 5) is 17.8. The van der Waals surface area contributed by atoms with Gasteiger partial charge in [0, 0.05) is 49.2 Å². The van der Waals surface area contributed by atoms with Gasteiger partial charge in [0.05, 0.1) is 35.0 Å². The van der Waals surface area contributed by atoms with Gasteiger partial charge in [0.2, 0.25) is 0 Å². The van der Waals surface area contributed by atoms with Gasteiger partial charge in [-0.2, -0.15) is 9.97 Å². The molecule has 0 bridgehead atoms. The molecule has 1 unspecified atom stereocenters. The lowest BCUT2D eigenvalue weighted by molar-refractivity contribution is -0.151. The number of fused-ring (bicyclic) bond motifs is 3. The van der Waals surface area contributed by atoms with Crippen LogP contribution in [-0.2, 0) is 17.7 Å². The first kappa shape index (κ1) is 26.1. The van der Waals surface area contributed by atoms with Crippen LogP contribution in [0.3, 0.4) is 0 Å². The predicted octanol–water partition coefficient (Wildman–Crippen LogP) is 5.86. The summed E-state index contributed by atoms with van der Waals surface area (Å²) in [7, 11) is 0. The molecule has 216 valence electrons. The van der Waals surface area contributed by atoms with E-state index in [0.29, 0.717) is 18.5 Å². The fourth-order valence-electron chi connectivity index (χ4n) is 8.47. The largest absolute Gasteiger partial charge is 0.461 e. The van der Waals surface area contributed by atoms with Crippen LogP contribution in [0.2, 0.25) is 5.02 Å². The molecule has 4 saturated heterocycles. The van der Waals surface area contributed by atoms with E-state index in [0.717, 1.165) is 80.4 Å². The van der Waals surface area contributed by atoms with Gasteiger partial charge >= 0.3 is 6.01 Å². The van der Waals surface area contributed by atoms with E-state index in [1.165, 1.54) is 49.0 Å². The van der Waals surface area contributed by atoms with E-state index >= 15 is 0 Å². The number of benzene rings is 2. The van der Waals surface area contributed by atoms with Crippen molar-refractivity contribution in [3.8, 4) is 6.01 Å². The van der Waals surface area contributed by atoms with Crippen molar-refractivity contribution in [3.05, 3.63) is 52.7 Å². The highest BCUT2D eigenvalue weighted by molar-refractivity contribution is 6.36. The molecule has 3 atom stereocenters. The average molecular weight is 574 g/mol. The topological polar surface area (TPSA) is 54.0 Å². The third-order valence-corrected chi connectivity index (χ3v) is 10.8. The van der Waals surface area contributed by atoms with Gasteiger partial charge in [-0.25, -0.2) is 0 Å². The molecule has 2 aromatic carbocycles. The van der Waals surface area contributed by atoms with Crippen molar-refractivity contribution in [3.63, 3.8) is 0 Å². The molecule has 1 aromatic heterocycles. The Kier molecular flexibility index (Phi) is 6.35. The summed E-state index contributed by atoms with van der Waals surface area (Å²) in [5, 5.41) is 3.07. The van der Waals surface area contributed by atoms with Gasteiger partial charge in [0.25, 0.3) is 0 Å². The monoisotopic (exact) mass is 573 g/mol. The fraction of sp³-hybridized carbons (Fsp3) is 0.576. The number of anilines is 2. The van der Waals surface area contributed by atoms with Gasteiger partial charge in [0.1, 0.15) is 12.4 Å². The Labute approximate surface area is 247 Å². The zero-order valence-electron chi connectivity index (χ0n) is 24.1. The number of piperidine rings is 1. The van der Waals surface area contributed by atoms with E-state index in [1.54, 1.807) is 0 Å². The number of aromatic nitrogens is 2. The fourth-order valence-corrected chi connectivity index (χ4v) is 8.75. The van der Waals surface area contributed by atoms with Gasteiger partial charge in [0.15, 0.2) is 0 Å². The van der Waals surface area contributed by atoms with Crippen LogP contribution in [0.5, 0.6) is 6.01 Å². The van der Waals surface area contributed by atoms with Crippen LogP contribution in [-0.4, -0.2) is 71.9 Å². The van der Waals surface area contributed by atoms with E-state index < -0.39 is 0 Å². The smallest absolute Gasteiger partial charge is 0.318 e. The van der Waals surface area contributed by atoms with Crippen LogP contribution >= 0.6 is 11.6 Å². The third-order valence-electron chi connectivity index (χ3n) is 10.5. The van der Waals surface area contributed by atoms with E-state index in [1.807, 2.05) is 12.1 Å². The zero-order valence-corrected chi connectivity index (χ0v) is 24.8. The van der Waals surface area contributed by atoms with Crippen molar-refractivity contribution in [1.82, 2.24) is 14.9 Å². The lowest BCUT2D eigenvalue weighted by Crippen LogP contribution is -2.56. The van der Waals surface area contributed by atoms with Gasteiger partial charge in [-0.15, -0.1) is 0 Å². The number of rotatable bonds is 5. The van der Waals surface area contributed by atoms with Gasteiger partial charge in [-0.1, -0.05) is 42.8 Å². The van der Waals surface area contributed by atoms with Crippen molar-refractivity contribution in [2.75, 3.05) is 55.7 Å². The van der Waals surface area contributed by atoms with E-state index in [4.69, 9.17) is 31.0 Å². The number of ether oxygens (including phenoxy) is 2. The SMILES string of the molecule is C[C@H]1CN2CCC[C@@]2(COc2nc3c(c(N4CCCC5(CCO5)C4)n2)CCN(c2cccc4cccc(Cl)c24)C3)C1. The molecule has 0 aliphatic carbocycles. The summed E-state index contributed by atoms with van der Waals surface area (Å²) >= 11 is 6.74. The molecule has 41 heavy (non-hydrogen) atoms. The Morgan fingerprint density at radius 3 is 2.73 bits per heavy atom. The Morgan fingerprint density at radius 2 is 1.88 bits per heavy atom. The zero-order chi connectivity index (χ0) is 27.6. The summed E-state index contributed by atoms with van der Waals surface area (Å²) in [6.45, 7) is 9.82. The molecule has 6 heterocycles. The number of halogens is 1. The Hall–Kier alpha value is -2.61. The van der Waals surface area contributed by atoms with Crippen LogP contribution in [0, 0.1) is 5.92 Å². The first-order valence-corrected chi connectivity index (χ1v) is 16.0. The molecule has 4 fully saturated rings. The lowest BCUT2D eigenvalue weighted by atomic mass is 9.85. The minimum atomic E-state index is 0.000800. The molecule has 3 aromatic rings. The average Bonchev–Trinajstić information content (AvgIpc) is 3.50. The number of hydrogen-bond acceptors (Lipinski definition) is 7. The van der Waals surface area contributed by atoms with Crippen molar-refractivity contribution in [2.24, 2.45) is 5.92 Å². The molecule has 0 amide bonds. The molecule has 7 nitrogen and oxygen atoms in total. The van der Waals surface area contributed by atoms with Crippen LogP contribution in [0.1, 0.15) is 56.7 Å². The highest BCUT2D eigenvalue weighted by Crippen LogP contribution is 2.43. The van der Waals surface area contributed by atoms with Gasteiger partial charge < -0.3 is 19.3 Å². The molecule has 0 radical (unpaired) electrons. The molecule has 1 spiro atoms. The second kappa shape index (κ2) is 9.99. The van der Waals surface area contributed by atoms with Crippen molar-refractivity contribution < 1.29 is 9.47 Å². The second-order valence-electron chi connectivity index (χ2n) is 13.2. The summed E-state index contributed by atoms with van der Waals surface area (Å²) in [5.74, 6) is 1.78. The maximum absolute atomic E-state index is 6.74. The van der Waals surface area contributed by atoms with Gasteiger partial charge in [-0.05, 0) is 68.5 Å². The minimum Gasteiger partial charge on any atom is -0.461 e. The van der Waals surface area contributed by atoms with E-state index in [9.17, 15) is 0 Å². The van der Waals surface area contributed by atoms with Crippen LogP contribution in [0.4, 0.5) is 11.5 Å². The standard InChI is InChI=1S/C33H40ClN5O2/c1-23-18-32(11-4-15-39(32)19-23)22-40-31-35-27-20-37(28-9-3-7-24-6-2-8-26(34)29(24)28)16-10-25(27)30(36-31)38-14-5-12-33(21-38)13-17-41-33/h2-3,6-9,23H,4-5,10-22H2,1H3/t23-,32+,33?/m1/s1. The summed E-state index contributed by atoms with van der Waals surface area (Å²) in [6, 6.07) is 13.1. The van der Waals surface area contributed by atoms with Crippen LogP contribution in [0.15, 0.2) is 36.4 Å². The molecule has 5 aliphatic rings. The maximum atomic E-state index is 6.74. The van der Waals surface area contributed by atoms with Gasteiger partial charge in [-0.3, -0.25) is 4.90 Å². The first-order chi connectivity index (χ1) is 20.0. The summed E-state index contributed by atoms with van der Waals surface area (Å²) in [6.07, 6.45) is 7.98. The van der Waals surface area contributed by atoms with E-state index in [-0.39, 0.29) is 11.1 Å². The molecular formula is C33H40ClN5O2. The second-order valence-corrected chi connectivity index (χ2v) is 13.6. The molecule has 0 N–H and O–H groups in total. The minimum absolute atomic E-state index is 0.000800. The highest BCUT2D eigenvalue weighted by atomic mass is 35.5. The Morgan fingerprint density at radius 1 is 1.02 bits per heavy atom. The molecule has 0 saturated carbocycles. The quantitative estimate of drug-likeness (QED) is 0.379. The summed E-state index contributed by atoms with van der Waals surface area (Å²) < 4.78 is 12.7. The Balaban J connectivity index is 1.14.